The maximum atomic E-state index is 13.2. The van der Waals surface area contributed by atoms with E-state index < -0.39 is 6.04 Å². The van der Waals surface area contributed by atoms with Gasteiger partial charge in [0.25, 0.3) is 5.91 Å². The maximum absolute atomic E-state index is 13.2. The highest BCUT2D eigenvalue weighted by molar-refractivity contribution is 5.98. The average molecular weight is 428 g/mol. The molecule has 1 atom stereocenters. The monoisotopic (exact) mass is 427 g/mol. The molecule has 0 aromatic heterocycles. The summed E-state index contributed by atoms with van der Waals surface area (Å²) in [4.78, 5) is 25.4. The van der Waals surface area contributed by atoms with Crippen molar-refractivity contribution in [1.82, 2.24) is 16.0 Å². The molecule has 6 heteroatoms. The van der Waals surface area contributed by atoms with Crippen molar-refractivity contribution in [3.8, 4) is 5.75 Å². The quantitative estimate of drug-likeness (QED) is 0.529. The number of ether oxygens (including phenoxy) is 1. The topological polar surface area (TPSA) is 79.5 Å². The number of amides is 3. The standard InChI is InChI=1S/C26H25N3O3/c1-18-23(25(30)27-16-19-10-4-2-5-11-19)24(29-26(31)28-18)21-14-8-9-15-22(21)32-17-20-12-6-3-7-13-20/h2-15,24H,16-17H2,1H3,(H,27,30)(H2,28,29,31)/t24-/m1/s1. The van der Waals surface area contributed by atoms with E-state index in [0.717, 1.165) is 16.7 Å². The smallest absolute Gasteiger partial charge is 0.319 e. The summed E-state index contributed by atoms with van der Waals surface area (Å²) in [5.74, 6) is 0.367. The number of urea groups is 1. The van der Waals surface area contributed by atoms with E-state index in [-0.39, 0.29) is 11.9 Å². The zero-order valence-electron chi connectivity index (χ0n) is 17.8. The Balaban J connectivity index is 1.58. The fraction of sp³-hybridized carbons (Fsp3) is 0.154. The molecule has 0 radical (unpaired) electrons. The summed E-state index contributed by atoms with van der Waals surface area (Å²) in [5.41, 5.74) is 3.72. The molecular weight excluding hydrogens is 402 g/mol. The number of benzene rings is 3. The third kappa shape index (κ3) is 4.98. The van der Waals surface area contributed by atoms with E-state index in [1.54, 1.807) is 6.92 Å². The number of para-hydroxylation sites is 1. The first kappa shape index (κ1) is 21.2. The van der Waals surface area contributed by atoms with Crippen LogP contribution in [0.15, 0.2) is 96.2 Å². The Morgan fingerprint density at radius 1 is 0.906 bits per heavy atom. The SMILES string of the molecule is CC1=C(C(=O)NCc2ccccc2)[C@@H](c2ccccc2OCc2ccccc2)NC(=O)N1. The van der Waals surface area contributed by atoms with Crippen LogP contribution in [0.2, 0.25) is 0 Å². The summed E-state index contributed by atoms with van der Waals surface area (Å²) in [6.45, 7) is 2.51. The Kier molecular flexibility index (Phi) is 6.51. The molecule has 0 saturated carbocycles. The molecule has 3 aromatic rings. The molecule has 1 aliphatic heterocycles. The molecular formula is C26H25N3O3. The van der Waals surface area contributed by atoms with Gasteiger partial charge in [-0.3, -0.25) is 4.79 Å². The lowest BCUT2D eigenvalue weighted by atomic mass is 9.94. The summed E-state index contributed by atoms with van der Waals surface area (Å²) >= 11 is 0. The molecule has 0 fully saturated rings. The van der Waals surface area contributed by atoms with Crippen LogP contribution in [0.25, 0.3) is 0 Å². The van der Waals surface area contributed by atoms with Gasteiger partial charge in [-0.05, 0) is 24.1 Å². The number of hydrogen-bond donors (Lipinski definition) is 3. The highest BCUT2D eigenvalue weighted by atomic mass is 16.5. The Morgan fingerprint density at radius 2 is 1.53 bits per heavy atom. The number of carbonyl (C=O) groups is 2. The second-order valence-corrected chi connectivity index (χ2v) is 7.55. The lowest BCUT2D eigenvalue weighted by Gasteiger charge is -2.29. The van der Waals surface area contributed by atoms with Gasteiger partial charge in [-0.15, -0.1) is 0 Å². The molecule has 0 bridgehead atoms. The second-order valence-electron chi connectivity index (χ2n) is 7.55. The normalized spacial score (nSPS) is 15.5. The van der Waals surface area contributed by atoms with Crippen LogP contribution in [-0.4, -0.2) is 11.9 Å². The van der Waals surface area contributed by atoms with Crippen LogP contribution in [0, 0.1) is 0 Å². The van der Waals surface area contributed by atoms with Crippen molar-refractivity contribution >= 4 is 11.9 Å². The molecule has 1 heterocycles. The number of rotatable bonds is 7. The second kappa shape index (κ2) is 9.83. The van der Waals surface area contributed by atoms with E-state index in [1.807, 2.05) is 84.9 Å². The molecule has 32 heavy (non-hydrogen) atoms. The van der Waals surface area contributed by atoms with Gasteiger partial charge < -0.3 is 20.7 Å². The molecule has 162 valence electrons. The van der Waals surface area contributed by atoms with E-state index in [0.29, 0.717) is 30.2 Å². The number of nitrogens with one attached hydrogen (secondary N) is 3. The van der Waals surface area contributed by atoms with Gasteiger partial charge in [0.1, 0.15) is 12.4 Å². The van der Waals surface area contributed by atoms with Gasteiger partial charge in [0.15, 0.2) is 0 Å². The van der Waals surface area contributed by atoms with Crippen LogP contribution in [0.1, 0.15) is 29.7 Å². The zero-order chi connectivity index (χ0) is 22.3. The molecule has 4 rings (SSSR count). The minimum atomic E-state index is -0.633. The van der Waals surface area contributed by atoms with Crippen molar-refractivity contribution in [3.05, 3.63) is 113 Å². The minimum Gasteiger partial charge on any atom is -0.489 e. The van der Waals surface area contributed by atoms with E-state index in [2.05, 4.69) is 16.0 Å². The van der Waals surface area contributed by atoms with Gasteiger partial charge in [0, 0.05) is 17.8 Å². The molecule has 0 unspecified atom stereocenters. The van der Waals surface area contributed by atoms with Crippen LogP contribution < -0.4 is 20.7 Å². The molecule has 1 aliphatic rings. The zero-order valence-corrected chi connectivity index (χ0v) is 17.8. The van der Waals surface area contributed by atoms with Gasteiger partial charge >= 0.3 is 6.03 Å². The third-order valence-electron chi connectivity index (χ3n) is 5.28. The van der Waals surface area contributed by atoms with Crippen molar-refractivity contribution in [3.63, 3.8) is 0 Å². The first-order valence-corrected chi connectivity index (χ1v) is 10.5. The van der Waals surface area contributed by atoms with E-state index >= 15 is 0 Å². The highest BCUT2D eigenvalue weighted by Crippen LogP contribution is 2.33. The maximum Gasteiger partial charge on any atom is 0.319 e. The Morgan fingerprint density at radius 3 is 2.25 bits per heavy atom. The highest BCUT2D eigenvalue weighted by Gasteiger charge is 2.32. The average Bonchev–Trinajstić information content (AvgIpc) is 2.82. The summed E-state index contributed by atoms with van der Waals surface area (Å²) < 4.78 is 6.08. The summed E-state index contributed by atoms with van der Waals surface area (Å²) in [6.07, 6.45) is 0. The van der Waals surface area contributed by atoms with Gasteiger partial charge in [0.2, 0.25) is 0 Å². The summed E-state index contributed by atoms with van der Waals surface area (Å²) in [6, 6.07) is 26.0. The van der Waals surface area contributed by atoms with Crippen molar-refractivity contribution in [2.75, 3.05) is 0 Å². The number of hydrogen-bond acceptors (Lipinski definition) is 3. The van der Waals surface area contributed by atoms with Crippen LogP contribution in [0.5, 0.6) is 5.75 Å². The fourth-order valence-corrected chi connectivity index (χ4v) is 3.69. The molecule has 6 nitrogen and oxygen atoms in total. The summed E-state index contributed by atoms with van der Waals surface area (Å²) in [7, 11) is 0. The Labute approximate surface area is 187 Å². The predicted octanol–water partition coefficient (Wildman–Crippen LogP) is 4.21. The fourth-order valence-electron chi connectivity index (χ4n) is 3.69. The lowest BCUT2D eigenvalue weighted by Crippen LogP contribution is -2.47. The molecule has 3 aromatic carbocycles. The van der Waals surface area contributed by atoms with E-state index in [1.165, 1.54) is 0 Å². The third-order valence-corrected chi connectivity index (χ3v) is 5.28. The van der Waals surface area contributed by atoms with E-state index in [9.17, 15) is 9.59 Å². The van der Waals surface area contributed by atoms with Gasteiger partial charge in [-0.25, -0.2) is 4.79 Å². The minimum absolute atomic E-state index is 0.248. The van der Waals surface area contributed by atoms with E-state index in [4.69, 9.17) is 4.74 Å². The van der Waals surface area contributed by atoms with Gasteiger partial charge in [-0.1, -0.05) is 78.9 Å². The molecule has 0 saturated heterocycles. The lowest BCUT2D eigenvalue weighted by molar-refractivity contribution is -0.118. The van der Waals surface area contributed by atoms with Crippen LogP contribution in [-0.2, 0) is 17.9 Å². The first-order chi connectivity index (χ1) is 15.6. The molecule has 0 spiro atoms. The van der Waals surface area contributed by atoms with Crippen molar-refractivity contribution in [2.45, 2.75) is 26.1 Å². The van der Waals surface area contributed by atoms with Crippen LogP contribution in [0.3, 0.4) is 0 Å². The van der Waals surface area contributed by atoms with Crippen molar-refractivity contribution < 1.29 is 14.3 Å². The van der Waals surface area contributed by atoms with Crippen LogP contribution >= 0.6 is 0 Å². The van der Waals surface area contributed by atoms with Crippen molar-refractivity contribution in [1.29, 1.82) is 0 Å². The molecule has 3 N–H and O–H groups in total. The van der Waals surface area contributed by atoms with Crippen molar-refractivity contribution in [2.24, 2.45) is 0 Å². The largest absolute Gasteiger partial charge is 0.489 e. The molecule has 0 aliphatic carbocycles. The number of carbonyl (C=O) groups excluding carboxylic acids is 2. The first-order valence-electron chi connectivity index (χ1n) is 10.5. The Bertz CT molecular complexity index is 1130. The van der Waals surface area contributed by atoms with Gasteiger partial charge in [0.05, 0.1) is 11.6 Å². The Hall–Kier alpha value is -4.06. The van der Waals surface area contributed by atoms with Gasteiger partial charge in [-0.2, -0.15) is 0 Å². The number of allylic oxidation sites excluding steroid dienone is 1. The molecule has 3 amide bonds. The summed E-state index contributed by atoms with van der Waals surface area (Å²) in [5, 5.41) is 8.56. The predicted molar refractivity (Wildman–Crippen MR) is 123 cm³/mol. The van der Waals surface area contributed by atoms with Crippen LogP contribution in [0.4, 0.5) is 4.79 Å².